The number of urea groups is 1. The summed E-state index contributed by atoms with van der Waals surface area (Å²) in [7, 11) is -4.02. The number of hydrogen-bond donors (Lipinski definition) is 2. The monoisotopic (exact) mass is 424 g/mol. The molecule has 0 fully saturated rings. The molecule has 0 aliphatic rings. The minimum atomic E-state index is -4.02. The van der Waals surface area contributed by atoms with E-state index in [-0.39, 0.29) is 16.1 Å². The Morgan fingerprint density at radius 3 is 2.07 bits per heavy atom. The number of carbonyl (C=O) groups is 2. The lowest BCUT2D eigenvalue weighted by Crippen LogP contribution is -2.34. The standard InChI is InChI=1S/C22H20N2O5S/c1-15-6-10-19(11-7-15)29-21(25)17-4-3-5-18(14-17)23-22(26)24-30(27,28)20-12-8-16(2)9-13-20/h3-14H,1-2H3,(H2,23,24,26). The average Bonchev–Trinajstić information content (AvgIpc) is 2.69. The van der Waals surface area contributed by atoms with Gasteiger partial charge in [0, 0.05) is 5.69 Å². The first kappa shape index (κ1) is 21.1. The van der Waals surface area contributed by atoms with Gasteiger partial charge < -0.3 is 10.1 Å². The Kier molecular flexibility index (Phi) is 6.17. The van der Waals surface area contributed by atoms with E-state index >= 15 is 0 Å². The molecule has 0 saturated heterocycles. The summed E-state index contributed by atoms with van der Waals surface area (Å²) in [5.41, 5.74) is 2.38. The number of carbonyl (C=O) groups excluding carboxylic acids is 2. The number of nitrogens with one attached hydrogen (secondary N) is 2. The number of amides is 2. The van der Waals surface area contributed by atoms with Crippen LogP contribution in [0.4, 0.5) is 10.5 Å². The van der Waals surface area contributed by atoms with E-state index in [1.807, 2.05) is 30.7 Å². The van der Waals surface area contributed by atoms with Crippen LogP contribution in [-0.4, -0.2) is 20.4 Å². The van der Waals surface area contributed by atoms with Crippen molar-refractivity contribution in [1.29, 1.82) is 0 Å². The van der Waals surface area contributed by atoms with E-state index in [1.54, 1.807) is 30.3 Å². The molecule has 0 aliphatic heterocycles. The first-order valence-electron chi connectivity index (χ1n) is 9.02. The second kappa shape index (κ2) is 8.79. The molecule has 154 valence electrons. The molecule has 2 N–H and O–H groups in total. The molecule has 3 rings (SSSR count). The highest BCUT2D eigenvalue weighted by Gasteiger charge is 2.18. The van der Waals surface area contributed by atoms with Crippen LogP contribution in [-0.2, 0) is 10.0 Å². The largest absolute Gasteiger partial charge is 0.423 e. The minimum Gasteiger partial charge on any atom is -0.423 e. The van der Waals surface area contributed by atoms with Gasteiger partial charge in [-0.25, -0.2) is 22.7 Å². The molecule has 3 aromatic rings. The summed E-state index contributed by atoms with van der Waals surface area (Å²) >= 11 is 0. The topological polar surface area (TPSA) is 102 Å². The van der Waals surface area contributed by atoms with Crippen LogP contribution >= 0.6 is 0 Å². The molecule has 0 heterocycles. The molecule has 0 atom stereocenters. The zero-order valence-electron chi connectivity index (χ0n) is 16.4. The molecular weight excluding hydrogens is 404 g/mol. The van der Waals surface area contributed by atoms with Gasteiger partial charge in [0.2, 0.25) is 0 Å². The van der Waals surface area contributed by atoms with E-state index in [0.29, 0.717) is 5.75 Å². The predicted molar refractivity (Wildman–Crippen MR) is 113 cm³/mol. The molecule has 0 unspecified atom stereocenters. The summed E-state index contributed by atoms with van der Waals surface area (Å²) in [6, 6.07) is 18.1. The summed E-state index contributed by atoms with van der Waals surface area (Å²) in [6.45, 7) is 3.75. The SMILES string of the molecule is Cc1ccc(OC(=O)c2cccc(NC(=O)NS(=O)(=O)c3ccc(C)cc3)c2)cc1. The zero-order chi connectivity index (χ0) is 21.7. The third-order valence-electron chi connectivity index (χ3n) is 4.15. The highest BCUT2D eigenvalue weighted by molar-refractivity contribution is 7.90. The molecule has 0 saturated carbocycles. The van der Waals surface area contributed by atoms with E-state index < -0.39 is 22.0 Å². The Morgan fingerprint density at radius 1 is 0.833 bits per heavy atom. The van der Waals surface area contributed by atoms with E-state index in [4.69, 9.17) is 4.74 Å². The van der Waals surface area contributed by atoms with Gasteiger partial charge in [-0.3, -0.25) is 0 Å². The van der Waals surface area contributed by atoms with Gasteiger partial charge in [0.1, 0.15) is 5.75 Å². The highest BCUT2D eigenvalue weighted by atomic mass is 32.2. The average molecular weight is 424 g/mol. The number of ether oxygens (including phenoxy) is 1. The van der Waals surface area contributed by atoms with Gasteiger partial charge in [-0.1, -0.05) is 41.5 Å². The first-order valence-corrected chi connectivity index (χ1v) is 10.5. The molecule has 0 aromatic heterocycles. The Bertz CT molecular complexity index is 1170. The molecule has 0 radical (unpaired) electrons. The van der Waals surface area contributed by atoms with Crippen molar-refractivity contribution in [2.45, 2.75) is 18.7 Å². The van der Waals surface area contributed by atoms with Crippen molar-refractivity contribution in [2.24, 2.45) is 0 Å². The normalized spacial score (nSPS) is 10.9. The van der Waals surface area contributed by atoms with E-state index in [2.05, 4.69) is 5.32 Å². The summed E-state index contributed by atoms with van der Waals surface area (Å²) in [6.07, 6.45) is 0. The third-order valence-corrected chi connectivity index (χ3v) is 5.49. The quantitative estimate of drug-likeness (QED) is 0.476. The lowest BCUT2D eigenvalue weighted by atomic mass is 10.2. The number of aryl methyl sites for hydroxylation is 2. The van der Waals surface area contributed by atoms with Crippen molar-refractivity contribution in [3.05, 3.63) is 89.5 Å². The lowest BCUT2D eigenvalue weighted by molar-refractivity contribution is 0.0734. The van der Waals surface area contributed by atoms with Crippen LogP contribution in [0.15, 0.2) is 77.7 Å². The number of rotatable bonds is 5. The van der Waals surface area contributed by atoms with Gasteiger partial charge in [-0.15, -0.1) is 0 Å². The predicted octanol–water partition coefficient (Wildman–Crippen LogP) is 4.03. The molecule has 8 heteroatoms. The van der Waals surface area contributed by atoms with E-state index in [1.165, 1.54) is 30.3 Å². The smallest absolute Gasteiger partial charge is 0.343 e. The fraction of sp³-hybridized carbons (Fsp3) is 0.0909. The van der Waals surface area contributed by atoms with Crippen LogP contribution in [0.25, 0.3) is 0 Å². The van der Waals surface area contributed by atoms with Crippen molar-refractivity contribution in [1.82, 2.24) is 4.72 Å². The van der Waals surface area contributed by atoms with Gasteiger partial charge in [-0.05, 0) is 56.3 Å². The number of benzene rings is 3. The Hall–Kier alpha value is -3.65. The Morgan fingerprint density at radius 2 is 1.43 bits per heavy atom. The van der Waals surface area contributed by atoms with Gasteiger partial charge in [-0.2, -0.15) is 0 Å². The van der Waals surface area contributed by atoms with Crippen LogP contribution < -0.4 is 14.8 Å². The van der Waals surface area contributed by atoms with Crippen LogP contribution in [0.3, 0.4) is 0 Å². The second-order valence-corrected chi connectivity index (χ2v) is 8.34. The number of esters is 1. The van der Waals surface area contributed by atoms with Crippen LogP contribution in [0.2, 0.25) is 0 Å². The maximum Gasteiger partial charge on any atom is 0.343 e. The maximum atomic E-state index is 12.3. The maximum absolute atomic E-state index is 12.3. The molecule has 3 aromatic carbocycles. The molecule has 0 bridgehead atoms. The molecule has 30 heavy (non-hydrogen) atoms. The van der Waals surface area contributed by atoms with Crippen molar-refractivity contribution >= 4 is 27.7 Å². The van der Waals surface area contributed by atoms with Crippen molar-refractivity contribution < 1.29 is 22.7 Å². The highest BCUT2D eigenvalue weighted by Crippen LogP contribution is 2.17. The van der Waals surface area contributed by atoms with Crippen molar-refractivity contribution in [3.63, 3.8) is 0 Å². The summed E-state index contributed by atoms with van der Waals surface area (Å²) < 4.78 is 31.8. The van der Waals surface area contributed by atoms with Crippen LogP contribution in [0.5, 0.6) is 5.75 Å². The molecule has 0 aliphatic carbocycles. The summed E-state index contributed by atoms with van der Waals surface area (Å²) in [4.78, 5) is 24.5. The molecular formula is C22H20N2O5S. The van der Waals surface area contributed by atoms with E-state index in [0.717, 1.165) is 11.1 Å². The zero-order valence-corrected chi connectivity index (χ0v) is 17.2. The molecule has 2 amide bonds. The third kappa shape index (κ3) is 5.45. The van der Waals surface area contributed by atoms with Gasteiger partial charge in [0.25, 0.3) is 10.0 Å². The summed E-state index contributed by atoms with van der Waals surface area (Å²) in [5.74, 6) is -0.207. The van der Waals surface area contributed by atoms with E-state index in [9.17, 15) is 18.0 Å². The number of sulfonamides is 1. The van der Waals surface area contributed by atoms with Crippen LogP contribution in [0, 0.1) is 13.8 Å². The molecule has 0 spiro atoms. The number of hydrogen-bond acceptors (Lipinski definition) is 5. The fourth-order valence-electron chi connectivity index (χ4n) is 2.55. The van der Waals surface area contributed by atoms with Crippen molar-refractivity contribution in [2.75, 3.05) is 5.32 Å². The van der Waals surface area contributed by atoms with Gasteiger partial charge in [0.15, 0.2) is 0 Å². The van der Waals surface area contributed by atoms with Crippen LogP contribution in [0.1, 0.15) is 21.5 Å². The fourth-order valence-corrected chi connectivity index (χ4v) is 3.46. The second-order valence-electron chi connectivity index (χ2n) is 6.66. The first-order chi connectivity index (χ1) is 14.2. The number of anilines is 1. The van der Waals surface area contributed by atoms with Gasteiger partial charge in [0.05, 0.1) is 10.5 Å². The summed E-state index contributed by atoms with van der Waals surface area (Å²) in [5, 5.41) is 2.41. The minimum absolute atomic E-state index is 0.0290. The van der Waals surface area contributed by atoms with Gasteiger partial charge >= 0.3 is 12.0 Å². The van der Waals surface area contributed by atoms with Crippen molar-refractivity contribution in [3.8, 4) is 5.75 Å². The lowest BCUT2D eigenvalue weighted by Gasteiger charge is -2.10. The molecule has 7 nitrogen and oxygen atoms in total. The Labute approximate surface area is 174 Å². The Balaban J connectivity index is 1.66.